The van der Waals surface area contributed by atoms with E-state index in [-0.39, 0.29) is 0 Å². The van der Waals surface area contributed by atoms with E-state index in [1.54, 1.807) is 0 Å². The van der Waals surface area contributed by atoms with E-state index in [4.69, 9.17) is 15.0 Å². The van der Waals surface area contributed by atoms with Crippen molar-refractivity contribution in [1.82, 2.24) is 19.5 Å². The Morgan fingerprint density at radius 3 is 2.23 bits per heavy atom. The van der Waals surface area contributed by atoms with Crippen LogP contribution in [0.4, 0.5) is 0 Å². The van der Waals surface area contributed by atoms with E-state index < -0.39 is 0 Å². The maximum absolute atomic E-state index is 5.35. The highest BCUT2D eigenvalue weighted by Gasteiger charge is 2.23. The average molecular weight is 579 g/mol. The predicted molar refractivity (Wildman–Crippen MR) is 185 cm³/mol. The molecule has 6 aromatic carbocycles. The lowest BCUT2D eigenvalue weighted by Gasteiger charge is -2.13. The van der Waals surface area contributed by atoms with E-state index in [1.807, 2.05) is 29.7 Å². The Balaban J connectivity index is 1.40. The molecular weight excluding hydrogens is 557 g/mol. The third kappa shape index (κ3) is 3.24. The summed E-state index contributed by atoms with van der Waals surface area (Å²) in [4.78, 5) is 15.3. The fraction of sp³-hybridized carbons (Fsp3) is 0. The fourth-order valence-corrected chi connectivity index (χ4v) is 8.17. The Bertz CT molecular complexity index is 2790. The van der Waals surface area contributed by atoms with Gasteiger partial charge in [0, 0.05) is 53.5 Å². The molecule has 0 unspecified atom stereocenters. The van der Waals surface area contributed by atoms with Crippen LogP contribution in [0.2, 0.25) is 0 Å². The second-order valence-electron chi connectivity index (χ2n) is 11.2. The first-order valence-corrected chi connectivity index (χ1v) is 15.5. The molecule has 4 aromatic heterocycles. The van der Waals surface area contributed by atoms with Gasteiger partial charge in [-0.1, -0.05) is 97.1 Å². The molecule has 10 rings (SSSR count). The molecule has 0 radical (unpaired) electrons. The maximum atomic E-state index is 5.35. The first-order valence-electron chi connectivity index (χ1n) is 14.7. The van der Waals surface area contributed by atoms with Crippen LogP contribution in [-0.2, 0) is 0 Å². The number of hydrogen-bond donors (Lipinski definition) is 0. The van der Waals surface area contributed by atoms with Crippen LogP contribution in [0.25, 0.3) is 91.8 Å². The Morgan fingerprint density at radius 1 is 0.568 bits per heavy atom. The van der Waals surface area contributed by atoms with Gasteiger partial charge in [-0.15, -0.1) is 11.3 Å². The lowest BCUT2D eigenvalue weighted by Crippen LogP contribution is -2.04. The van der Waals surface area contributed by atoms with Crippen molar-refractivity contribution < 1.29 is 0 Å². The Labute approximate surface area is 255 Å². The first-order chi connectivity index (χ1) is 21.8. The third-order valence-corrected chi connectivity index (χ3v) is 10.0. The predicted octanol–water partition coefficient (Wildman–Crippen LogP) is 10.5. The average Bonchev–Trinajstić information content (AvgIpc) is 3.64. The second-order valence-corrected chi connectivity index (χ2v) is 12.3. The number of para-hydroxylation sites is 1. The van der Waals surface area contributed by atoms with E-state index in [9.17, 15) is 0 Å². The summed E-state index contributed by atoms with van der Waals surface area (Å²) in [7, 11) is 0. The van der Waals surface area contributed by atoms with Gasteiger partial charge in [-0.05, 0) is 41.1 Å². The van der Waals surface area contributed by atoms with Crippen LogP contribution in [0.15, 0.2) is 134 Å². The number of thiophene rings is 1. The van der Waals surface area contributed by atoms with Gasteiger partial charge in [-0.3, -0.25) is 9.55 Å². The smallest absolute Gasteiger partial charge is 0.235 e. The molecule has 0 atom stereocenters. The Morgan fingerprint density at radius 2 is 1.32 bits per heavy atom. The number of rotatable bonds is 2. The molecule has 0 spiro atoms. The molecular formula is C39H22N4S. The molecule has 4 heterocycles. The quantitative estimate of drug-likeness (QED) is 0.205. The van der Waals surface area contributed by atoms with Crippen LogP contribution >= 0.6 is 11.3 Å². The standard InChI is InChI=1S/C39H22N4S/c1-2-11-24-22-25(20-19-23(24)10-1)35-36-30(16-9-21-40-36)41-39(42-35)43-31-17-7-5-14-28(31)33-34-29-15-6-8-18-32(29)44-38(34)27-13-4-3-12-26(27)37(33)43/h1-22H. The summed E-state index contributed by atoms with van der Waals surface area (Å²) >= 11 is 1.87. The van der Waals surface area contributed by atoms with Gasteiger partial charge in [0.25, 0.3) is 0 Å². The zero-order valence-corrected chi connectivity index (χ0v) is 24.2. The van der Waals surface area contributed by atoms with Crippen molar-refractivity contribution in [2.24, 2.45) is 0 Å². The van der Waals surface area contributed by atoms with Gasteiger partial charge < -0.3 is 0 Å². The van der Waals surface area contributed by atoms with Crippen LogP contribution in [0.1, 0.15) is 0 Å². The molecule has 44 heavy (non-hydrogen) atoms. The molecule has 5 heteroatoms. The molecule has 0 aliphatic rings. The molecule has 0 aliphatic carbocycles. The molecule has 0 N–H and O–H groups in total. The number of hydrogen-bond acceptors (Lipinski definition) is 4. The zero-order valence-electron chi connectivity index (χ0n) is 23.4. The second kappa shape index (κ2) is 8.93. The normalized spacial score (nSPS) is 12.1. The summed E-state index contributed by atoms with van der Waals surface area (Å²) in [5.74, 6) is 0.642. The minimum atomic E-state index is 0.642. The molecule has 0 bridgehead atoms. The molecule has 204 valence electrons. The first kappa shape index (κ1) is 23.9. The van der Waals surface area contributed by atoms with Crippen LogP contribution < -0.4 is 0 Å². The Kier molecular flexibility index (Phi) is 4.84. The van der Waals surface area contributed by atoms with Crippen molar-refractivity contribution in [2.75, 3.05) is 0 Å². The lowest BCUT2D eigenvalue weighted by molar-refractivity contribution is 1.01. The number of benzene rings is 6. The van der Waals surface area contributed by atoms with Gasteiger partial charge in [-0.2, -0.15) is 0 Å². The molecule has 4 nitrogen and oxygen atoms in total. The van der Waals surface area contributed by atoms with E-state index >= 15 is 0 Å². The van der Waals surface area contributed by atoms with Gasteiger partial charge in [0.15, 0.2) is 0 Å². The van der Waals surface area contributed by atoms with Gasteiger partial charge >= 0.3 is 0 Å². The molecule has 0 aliphatic heterocycles. The molecule has 10 aromatic rings. The van der Waals surface area contributed by atoms with E-state index in [0.717, 1.165) is 33.3 Å². The highest BCUT2D eigenvalue weighted by molar-refractivity contribution is 7.27. The van der Waals surface area contributed by atoms with Crippen LogP contribution in [0.5, 0.6) is 0 Å². The van der Waals surface area contributed by atoms with E-state index in [1.165, 1.54) is 52.5 Å². The van der Waals surface area contributed by atoms with Crippen LogP contribution in [-0.4, -0.2) is 19.5 Å². The lowest BCUT2D eigenvalue weighted by atomic mass is 10.00. The minimum Gasteiger partial charge on any atom is -0.277 e. The summed E-state index contributed by atoms with van der Waals surface area (Å²) in [6.07, 6.45) is 1.82. The van der Waals surface area contributed by atoms with Crippen molar-refractivity contribution in [1.29, 1.82) is 0 Å². The van der Waals surface area contributed by atoms with Crippen molar-refractivity contribution in [3.63, 3.8) is 0 Å². The summed E-state index contributed by atoms with van der Waals surface area (Å²) in [6, 6.07) is 45.1. The summed E-state index contributed by atoms with van der Waals surface area (Å²) in [5, 5.41) is 9.83. The molecule has 0 amide bonds. The monoisotopic (exact) mass is 578 g/mol. The van der Waals surface area contributed by atoms with E-state index in [0.29, 0.717) is 5.95 Å². The maximum Gasteiger partial charge on any atom is 0.235 e. The molecule has 0 fully saturated rings. The van der Waals surface area contributed by atoms with Gasteiger partial charge in [-0.25, -0.2) is 9.97 Å². The summed E-state index contributed by atoms with van der Waals surface area (Å²) in [6.45, 7) is 0. The van der Waals surface area contributed by atoms with E-state index in [2.05, 4.69) is 120 Å². The Hall–Kier alpha value is -5.65. The highest BCUT2D eigenvalue weighted by Crippen LogP contribution is 2.47. The molecule has 0 saturated heterocycles. The SMILES string of the molecule is c1ccc2cc(-c3nc(-n4c5ccccc5c5c6c7ccccc7sc6c6ccccc6c54)nc4cccnc34)ccc2c1. The summed E-state index contributed by atoms with van der Waals surface area (Å²) < 4.78 is 4.89. The summed E-state index contributed by atoms with van der Waals surface area (Å²) in [5.41, 5.74) is 5.68. The van der Waals surface area contributed by atoms with Gasteiger partial charge in [0.05, 0.1) is 16.6 Å². The highest BCUT2D eigenvalue weighted by atomic mass is 32.1. The largest absolute Gasteiger partial charge is 0.277 e. The number of aromatic nitrogens is 4. The van der Waals surface area contributed by atoms with Crippen molar-refractivity contribution in [3.05, 3.63) is 134 Å². The topological polar surface area (TPSA) is 43.6 Å². The van der Waals surface area contributed by atoms with Gasteiger partial charge in [0.1, 0.15) is 11.2 Å². The van der Waals surface area contributed by atoms with Crippen molar-refractivity contribution in [2.45, 2.75) is 0 Å². The van der Waals surface area contributed by atoms with Crippen LogP contribution in [0, 0.1) is 0 Å². The number of nitrogens with zero attached hydrogens (tertiary/aromatic N) is 4. The van der Waals surface area contributed by atoms with Crippen LogP contribution in [0.3, 0.4) is 0 Å². The minimum absolute atomic E-state index is 0.642. The zero-order chi connectivity index (χ0) is 28.8. The number of fused-ring (bicyclic) bond motifs is 12. The molecule has 0 saturated carbocycles. The van der Waals surface area contributed by atoms with Crippen molar-refractivity contribution in [3.8, 4) is 17.2 Å². The number of pyridine rings is 1. The fourth-order valence-electron chi connectivity index (χ4n) is 6.92. The van der Waals surface area contributed by atoms with Gasteiger partial charge in [0.2, 0.25) is 5.95 Å². The van der Waals surface area contributed by atoms with Crippen molar-refractivity contribution >= 4 is 85.9 Å². The third-order valence-electron chi connectivity index (χ3n) is 8.81.